The van der Waals surface area contributed by atoms with Gasteiger partial charge in [-0.2, -0.15) is 0 Å². The van der Waals surface area contributed by atoms with Crippen LogP contribution in [0.5, 0.6) is 0 Å². The Morgan fingerprint density at radius 1 is 0.923 bits per heavy atom. The van der Waals surface area contributed by atoms with E-state index in [4.69, 9.17) is 4.74 Å². The second-order valence-electron chi connectivity index (χ2n) is 6.70. The first-order valence-electron chi connectivity index (χ1n) is 9.75. The number of unbranched alkanes of at least 4 members (excludes halogenated alkanes) is 3. The number of aryl methyl sites for hydroxylation is 1. The van der Waals surface area contributed by atoms with E-state index in [0.29, 0.717) is 6.61 Å². The predicted molar refractivity (Wildman–Crippen MR) is 107 cm³/mol. The molecule has 0 aliphatic rings. The molecule has 140 valence electrons. The van der Waals surface area contributed by atoms with Gasteiger partial charge in [-0.15, -0.1) is 0 Å². The van der Waals surface area contributed by atoms with Crippen LogP contribution in [0, 0.1) is 0 Å². The monoisotopic (exact) mass is 353 g/mol. The highest BCUT2D eigenvalue weighted by Crippen LogP contribution is 2.29. The lowest BCUT2D eigenvalue weighted by molar-refractivity contribution is -0.126. The summed E-state index contributed by atoms with van der Waals surface area (Å²) >= 11 is 0. The van der Waals surface area contributed by atoms with Crippen LogP contribution in [0.25, 0.3) is 0 Å². The van der Waals surface area contributed by atoms with Gasteiger partial charge in [0.15, 0.2) is 5.72 Å². The van der Waals surface area contributed by atoms with Crippen molar-refractivity contribution >= 4 is 6.41 Å². The fourth-order valence-electron chi connectivity index (χ4n) is 3.21. The third-order valence-electron chi connectivity index (χ3n) is 4.72. The molecule has 1 amide bonds. The maximum atomic E-state index is 11.3. The summed E-state index contributed by atoms with van der Waals surface area (Å²) in [5.74, 6) is 0. The van der Waals surface area contributed by atoms with E-state index in [0.717, 1.165) is 56.9 Å². The molecular weight excluding hydrogens is 322 g/mol. The van der Waals surface area contributed by atoms with Crippen molar-refractivity contribution < 1.29 is 9.53 Å². The van der Waals surface area contributed by atoms with Crippen molar-refractivity contribution in [3.63, 3.8) is 0 Å². The molecule has 3 nitrogen and oxygen atoms in total. The first kappa shape index (κ1) is 20.2. The minimum Gasteiger partial charge on any atom is -0.351 e. The third kappa shape index (κ3) is 6.30. The Hall–Kier alpha value is -2.13. The van der Waals surface area contributed by atoms with Crippen LogP contribution in [0.2, 0.25) is 0 Å². The van der Waals surface area contributed by atoms with Gasteiger partial charge >= 0.3 is 0 Å². The Morgan fingerprint density at radius 3 is 2.27 bits per heavy atom. The van der Waals surface area contributed by atoms with Gasteiger partial charge in [0.05, 0.1) is 0 Å². The molecule has 2 rings (SSSR count). The SMILES string of the molecule is CCCCOC(CCCCCc1ccccc1)(NC=O)c1ccccc1. The molecule has 0 radical (unpaired) electrons. The second-order valence-corrected chi connectivity index (χ2v) is 6.70. The number of carbonyl (C=O) groups excluding carboxylic acids is 1. The third-order valence-corrected chi connectivity index (χ3v) is 4.72. The molecule has 1 unspecified atom stereocenters. The average Bonchev–Trinajstić information content (AvgIpc) is 2.69. The van der Waals surface area contributed by atoms with Crippen LogP contribution in [0.4, 0.5) is 0 Å². The van der Waals surface area contributed by atoms with E-state index in [-0.39, 0.29) is 0 Å². The van der Waals surface area contributed by atoms with Crippen molar-refractivity contribution in [1.29, 1.82) is 0 Å². The summed E-state index contributed by atoms with van der Waals surface area (Å²) < 4.78 is 6.22. The molecule has 0 heterocycles. The van der Waals surface area contributed by atoms with Crippen molar-refractivity contribution in [1.82, 2.24) is 5.32 Å². The Balaban J connectivity index is 1.94. The fourth-order valence-corrected chi connectivity index (χ4v) is 3.21. The lowest BCUT2D eigenvalue weighted by atomic mass is 9.95. The Labute approximate surface area is 157 Å². The van der Waals surface area contributed by atoms with Gasteiger partial charge in [-0.25, -0.2) is 0 Å². The van der Waals surface area contributed by atoms with Crippen molar-refractivity contribution in [3.05, 3.63) is 71.8 Å². The number of hydrogen-bond donors (Lipinski definition) is 1. The number of ether oxygens (including phenoxy) is 1. The van der Waals surface area contributed by atoms with E-state index in [1.54, 1.807) is 0 Å². The summed E-state index contributed by atoms with van der Waals surface area (Å²) in [7, 11) is 0. The zero-order valence-corrected chi connectivity index (χ0v) is 15.8. The van der Waals surface area contributed by atoms with E-state index in [9.17, 15) is 4.79 Å². The Bertz CT molecular complexity index is 615. The first-order chi connectivity index (χ1) is 12.8. The molecule has 2 aromatic carbocycles. The molecule has 0 saturated heterocycles. The molecular formula is C23H31NO2. The van der Waals surface area contributed by atoms with Gasteiger partial charge in [0, 0.05) is 12.2 Å². The van der Waals surface area contributed by atoms with E-state index >= 15 is 0 Å². The molecule has 0 saturated carbocycles. The maximum absolute atomic E-state index is 11.3. The molecule has 26 heavy (non-hydrogen) atoms. The molecule has 0 aliphatic carbocycles. The number of nitrogens with one attached hydrogen (secondary N) is 1. The van der Waals surface area contributed by atoms with Crippen LogP contribution in [0.3, 0.4) is 0 Å². The average molecular weight is 354 g/mol. The number of hydrogen-bond acceptors (Lipinski definition) is 2. The van der Waals surface area contributed by atoms with Crippen LogP contribution in [-0.4, -0.2) is 13.0 Å². The molecule has 3 heteroatoms. The van der Waals surface area contributed by atoms with Gasteiger partial charge in [-0.1, -0.05) is 80.4 Å². The molecule has 1 N–H and O–H groups in total. The summed E-state index contributed by atoms with van der Waals surface area (Å²) in [6.45, 7) is 2.79. The van der Waals surface area contributed by atoms with Crippen LogP contribution >= 0.6 is 0 Å². The summed E-state index contributed by atoms with van der Waals surface area (Å²) in [6.07, 6.45) is 7.97. The Kier molecular flexibility index (Phi) is 8.91. The van der Waals surface area contributed by atoms with Crippen LogP contribution in [0.1, 0.15) is 56.6 Å². The van der Waals surface area contributed by atoms with E-state index < -0.39 is 5.72 Å². The van der Waals surface area contributed by atoms with Crippen molar-refractivity contribution in [2.75, 3.05) is 6.61 Å². The lowest BCUT2D eigenvalue weighted by Crippen LogP contribution is -2.44. The van der Waals surface area contributed by atoms with Crippen molar-refractivity contribution in [3.8, 4) is 0 Å². The van der Waals surface area contributed by atoms with E-state index in [1.165, 1.54) is 5.56 Å². The number of rotatable bonds is 13. The van der Waals surface area contributed by atoms with E-state index in [1.807, 2.05) is 30.3 Å². The summed E-state index contributed by atoms with van der Waals surface area (Å²) in [5.41, 5.74) is 1.68. The van der Waals surface area contributed by atoms with Gasteiger partial charge in [-0.3, -0.25) is 4.79 Å². The first-order valence-corrected chi connectivity index (χ1v) is 9.75. The molecule has 0 bridgehead atoms. The van der Waals surface area contributed by atoms with Crippen molar-refractivity contribution in [2.45, 2.75) is 57.6 Å². The summed E-state index contributed by atoms with van der Waals surface area (Å²) in [5, 5.41) is 2.98. The molecule has 1 atom stereocenters. The van der Waals surface area contributed by atoms with Gasteiger partial charge < -0.3 is 10.1 Å². The topological polar surface area (TPSA) is 38.3 Å². The summed E-state index contributed by atoms with van der Waals surface area (Å²) in [6, 6.07) is 20.6. The molecule has 0 spiro atoms. The lowest BCUT2D eigenvalue weighted by Gasteiger charge is -2.34. The largest absolute Gasteiger partial charge is 0.351 e. The number of benzene rings is 2. The molecule has 0 aromatic heterocycles. The van der Waals surface area contributed by atoms with Gasteiger partial charge in [0.1, 0.15) is 0 Å². The predicted octanol–water partition coefficient (Wildman–Crippen LogP) is 5.21. The zero-order chi connectivity index (χ0) is 18.5. The fraction of sp³-hybridized carbons (Fsp3) is 0.435. The highest BCUT2D eigenvalue weighted by Gasteiger charge is 2.32. The quantitative estimate of drug-likeness (QED) is 0.305. The minimum atomic E-state index is -0.717. The smallest absolute Gasteiger partial charge is 0.209 e. The normalized spacial score (nSPS) is 13.1. The molecule has 0 aliphatic heterocycles. The number of amides is 1. The minimum absolute atomic E-state index is 0.649. The zero-order valence-electron chi connectivity index (χ0n) is 15.8. The van der Waals surface area contributed by atoms with E-state index in [2.05, 4.69) is 42.6 Å². The highest BCUT2D eigenvalue weighted by atomic mass is 16.5. The second kappa shape index (κ2) is 11.5. The molecule has 2 aromatic rings. The van der Waals surface area contributed by atoms with Crippen LogP contribution in [0.15, 0.2) is 60.7 Å². The van der Waals surface area contributed by atoms with Crippen molar-refractivity contribution in [2.24, 2.45) is 0 Å². The standard InChI is InChI=1S/C23H31NO2/c1-2-3-19-26-23(24-20-25,22-16-10-5-11-17-22)18-12-6-9-15-21-13-7-4-8-14-21/h4-5,7-8,10-11,13-14,16-17,20H,2-3,6,9,12,15,18-19H2,1H3,(H,24,25). The Morgan fingerprint density at radius 2 is 1.62 bits per heavy atom. The molecule has 0 fully saturated rings. The van der Waals surface area contributed by atoms with Gasteiger partial charge in [0.2, 0.25) is 6.41 Å². The highest BCUT2D eigenvalue weighted by molar-refractivity contribution is 5.49. The van der Waals surface area contributed by atoms with Gasteiger partial charge in [-0.05, 0) is 37.7 Å². The van der Waals surface area contributed by atoms with Crippen LogP contribution < -0.4 is 5.32 Å². The van der Waals surface area contributed by atoms with Crippen LogP contribution in [-0.2, 0) is 21.7 Å². The maximum Gasteiger partial charge on any atom is 0.209 e. The van der Waals surface area contributed by atoms with Gasteiger partial charge in [0.25, 0.3) is 0 Å². The summed E-state index contributed by atoms with van der Waals surface area (Å²) in [4.78, 5) is 11.3. The number of carbonyl (C=O) groups is 1.